The van der Waals surface area contributed by atoms with Crippen molar-refractivity contribution in [2.24, 2.45) is 0 Å². The lowest BCUT2D eigenvalue weighted by atomic mass is 10.1. The molecule has 0 saturated heterocycles. The highest BCUT2D eigenvalue weighted by atomic mass is 32.2. The largest absolute Gasteiger partial charge is 0.324 e. The molecule has 1 heterocycles. The minimum Gasteiger partial charge on any atom is -0.324 e. The lowest BCUT2D eigenvalue weighted by Gasteiger charge is -2.20. The van der Waals surface area contributed by atoms with Gasteiger partial charge in [0, 0.05) is 30.4 Å². The van der Waals surface area contributed by atoms with Crippen LogP contribution >= 0.6 is 0 Å². The predicted molar refractivity (Wildman–Crippen MR) is 133 cm³/mol. The highest BCUT2D eigenvalue weighted by Gasteiger charge is 2.24. The van der Waals surface area contributed by atoms with Crippen LogP contribution in [-0.4, -0.2) is 41.5 Å². The molecule has 3 rings (SSSR count). The van der Waals surface area contributed by atoms with E-state index in [2.05, 4.69) is 10.4 Å². The summed E-state index contributed by atoms with van der Waals surface area (Å²) >= 11 is 0. The maximum absolute atomic E-state index is 13.1. The lowest BCUT2D eigenvalue weighted by Crippen LogP contribution is -2.31. The van der Waals surface area contributed by atoms with Gasteiger partial charge in [-0.05, 0) is 50.1 Å². The lowest BCUT2D eigenvalue weighted by molar-refractivity contribution is -0.117. The van der Waals surface area contributed by atoms with E-state index in [0.717, 1.165) is 15.8 Å². The van der Waals surface area contributed by atoms with Crippen molar-refractivity contribution in [2.45, 2.75) is 46.1 Å². The number of nitrogens with zero attached hydrogens (tertiary/aromatic N) is 3. The fourth-order valence-electron chi connectivity index (χ4n) is 3.74. The summed E-state index contributed by atoms with van der Waals surface area (Å²) in [5.41, 5.74) is 3.81. The van der Waals surface area contributed by atoms with Gasteiger partial charge >= 0.3 is 0 Å². The molecule has 34 heavy (non-hydrogen) atoms. The third kappa shape index (κ3) is 5.43. The minimum absolute atomic E-state index is 0.195. The molecule has 0 spiro atoms. The molecule has 0 unspecified atom stereocenters. The molecule has 0 radical (unpaired) electrons. The van der Waals surface area contributed by atoms with Gasteiger partial charge in [-0.15, -0.1) is 0 Å². The Kier molecular flexibility index (Phi) is 7.68. The quantitative estimate of drug-likeness (QED) is 0.530. The van der Waals surface area contributed by atoms with Crippen molar-refractivity contribution >= 4 is 21.6 Å². The minimum atomic E-state index is -3.67. The van der Waals surface area contributed by atoms with Crippen molar-refractivity contribution in [1.29, 1.82) is 0 Å². The van der Waals surface area contributed by atoms with Crippen LogP contribution in [0.3, 0.4) is 0 Å². The molecule has 0 saturated carbocycles. The van der Waals surface area contributed by atoms with Crippen LogP contribution in [0.5, 0.6) is 0 Å². The summed E-state index contributed by atoms with van der Waals surface area (Å²) in [5, 5.41) is 7.14. The monoisotopic (exact) mass is 482 g/mol. The van der Waals surface area contributed by atoms with Crippen LogP contribution < -0.4 is 10.9 Å². The Morgan fingerprint density at radius 2 is 1.68 bits per heavy atom. The molecule has 1 aromatic heterocycles. The number of amides is 1. The van der Waals surface area contributed by atoms with Crippen molar-refractivity contribution < 1.29 is 13.2 Å². The van der Waals surface area contributed by atoms with Gasteiger partial charge in [0.2, 0.25) is 15.9 Å². The number of aromatic nitrogens is 2. The maximum atomic E-state index is 13.1. The Labute approximate surface area is 200 Å². The van der Waals surface area contributed by atoms with Crippen LogP contribution in [0.4, 0.5) is 5.69 Å². The number of anilines is 1. The van der Waals surface area contributed by atoms with E-state index in [4.69, 9.17) is 0 Å². The van der Waals surface area contributed by atoms with Gasteiger partial charge in [-0.2, -0.15) is 9.40 Å². The van der Waals surface area contributed by atoms with E-state index in [-0.39, 0.29) is 17.3 Å². The van der Waals surface area contributed by atoms with Crippen molar-refractivity contribution in [2.75, 3.05) is 18.4 Å². The van der Waals surface area contributed by atoms with E-state index in [0.29, 0.717) is 35.6 Å². The number of benzene rings is 2. The molecule has 0 aliphatic carbocycles. The van der Waals surface area contributed by atoms with E-state index in [1.54, 1.807) is 39.0 Å². The fourth-order valence-corrected chi connectivity index (χ4v) is 5.44. The highest BCUT2D eigenvalue weighted by Crippen LogP contribution is 2.26. The second-order valence-electron chi connectivity index (χ2n) is 8.15. The van der Waals surface area contributed by atoms with E-state index in [9.17, 15) is 18.0 Å². The summed E-state index contributed by atoms with van der Waals surface area (Å²) in [6.45, 7) is 9.65. The second-order valence-corrected chi connectivity index (χ2v) is 10.1. The Morgan fingerprint density at radius 1 is 0.971 bits per heavy atom. The molecule has 1 amide bonds. The standard InChI is InChI=1S/C25H30N4O4S/c1-6-28(7-2)34(32,33)23-15-20(10-9-18(23)4)22-12-13-25(31)29(27-22)16-24(30)26-21-11-8-17(3)14-19(21)5/h8-15H,6-7,16H2,1-5H3,(H,26,30). The molecule has 9 heteroatoms. The normalized spacial score (nSPS) is 11.6. The third-order valence-corrected chi connectivity index (χ3v) is 7.82. The smallest absolute Gasteiger partial charge is 0.267 e. The zero-order valence-electron chi connectivity index (χ0n) is 20.1. The first kappa shape index (κ1) is 25.3. The Bertz CT molecular complexity index is 1380. The van der Waals surface area contributed by atoms with Crippen LogP contribution in [-0.2, 0) is 21.4 Å². The van der Waals surface area contributed by atoms with E-state index >= 15 is 0 Å². The molecule has 0 aliphatic heterocycles. The van der Waals surface area contributed by atoms with Gasteiger partial charge in [-0.3, -0.25) is 9.59 Å². The number of hydrogen-bond donors (Lipinski definition) is 1. The third-order valence-electron chi connectivity index (χ3n) is 5.62. The molecule has 0 atom stereocenters. The number of hydrogen-bond acceptors (Lipinski definition) is 5. The van der Waals surface area contributed by atoms with Gasteiger partial charge in [0.25, 0.3) is 5.56 Å². The van der Waals surface area contributed by atoms with Gasteiger partial charge in [0.1, 0.15) is 6.54 Å². The molecule has 2 aromatic carbocycles. The van der Waals surface area contributed by atoms with Gasteiger partial charge in [-0.25, -0.2) is 13.1 Å². The topological polar surface area (TPSA) is 101 Å². The number of sulfonamides is 1. The molecule has 1 N–H and O–H groups in total. The van der Waals surface area contributed by atoms with E-state index in [1.165, 1.54) is 16.4 Å². The summed E-state index contributed by atoms with van der Waals surface area (Å²) in [5.74, 6) is -0.382. The van der Waals surface area contributed by atoms with E-state index in [1.807, 2.05) is 32.0 Å². The van der Waals surface area contributed by atoms with Gasteiger partial charge in [-0.1, -0.05) is 43.7 Å². The van der Waals surface area contributed by atoms with Gasteiger partial charge in [0.05, 0.1) is 10.6 Å². The van der Waals surface area contributed by atoms with Crippen molar-refractivity contribution in [1.82, 2.24) is 14.1 Å². The Morgan fingerprint density at radius 3 is 2.32 bits per heavy atom. The average Bonchev–Trinajstić information content (AvgIpc) is 2.78. The van der Waals surface area contributed by atoms with E-state index < -0.39 is 15.6 Å². The summed E-state index contributed by atoms with van der Waals surface area (Å²) < 4.78 is 28.6. The molecule has 0 fully saturated rings. The molecule has 8 nitrogen and oxygen atoms in total. The Hall–Kier alpha value is -3.30. The molecule has 3 aromatic rings. The van der Waals surface area contributed by atoms with Crippen molar-refractivity contribution in [3.63, 3.8) is 0 Å². The second kappa shape index (κ2) is 10.3. The zero-order valence-corrected chi connectivity index (χ0v) is 20.9. The first-order chi connectivity index (χ1) is 16.1. The average molecular weight is 483 g/mol. The SMILES string of the molecule is CCN(CC)S(=O)(=O)c1cc(-c2ccc(=O)n(CC(=O)Nc3ccc(C)cc3C)n2)ccc1C. The zero-order chi connectivity index (χ0) is 25.0. The van der Waals surface area contributed by atoms with Crippen molar-refractivity contribution in [3.05, 3.63) is 75.6 Å². The van der Waals surface area contributed by atoms with Crippen molar-refractivity contribution in [3.8, 4) is 11.3 Å². The first-order valence-electron chi connectivity index (χ1n) is 11.1. The molecular weight excluding hydrogens is 452 g/mol. The predicted octanol–water partition coefficient (Wildman–Crippen LogP) is 3.50. The highest BCUT2D eigenvalue weighted by molar-refractivity contribution is 7.89. The summed E-state index contributed by atoms with van der Waals surface area (Å²) in [6.07, 6.45) is 0. The summed E-state index contributed by atoms with van der Waals surface area (Å²) in [6, 6.07) is 13.6. The number of carbonyl (C=O) groups is 1. The maximum Gasteiger partial charge on any atom is 0.267 e. The van der Waals surface area contributed by atoms with Gasteiger partial charge in [0.15, 0.2) is 0 Å². The number of nitrogens with one attached hydrogen (secondary N) is 1. The molecule has 0 aliphatic rings. The fraction of sp³-hybridized carbons (Fsp3) is 0.320. The van der Waals surface area contributed by atoms with Crippen LogP contribution in [0.1, 0.15) is 30.5 Å². The van der Waals surface area contributed by atoms with Crippen LogP contribution in [0, 0.1) is 20.8 Å². The van der Waals surface area contributed by atoms with Crippen LogP contribution in [0.15, 0.2) is 58.2 Å². The summed E-state index contributed by atoms with van der Waals surface area (Å²) in [4.78, 5) is 25.2. The molecule has 0 bridgehead atoms. The Balaban J connectivity index is 1.92. The molecular formula is C25H30N4O4S. The molecule has 180 valence electrons. The number of rotatable bonds is 8. The number of carbonyl (C=O) groups excluding carboxylic acids is 1. The summed E-state index contributed by atoms with van der Waals surface area (Å²) in [7, 11) is -3.67. The first-order valence-corrected chi connectivity index (χ1v) is 12.6. The van der Waals surface area contributed by atoms with Crippen LogP contribution in [0.25, 0.3) is 11.3 Å². The number of aryl methyl sites for hydroxylation is 3. The van der Waals surface area contributed by atoms with Crippen LogP contribution in [0.2, 0.25) is 0 Å². The van der Waals surface area contributed by atoms with Gasteiger partial charge < -0.3 is 5.32 Å².